The van der Waals surface area contributed by atoms with Crippen molar-refractivity contribution in [3.63, 3.8) is 0 Å². The number of rotatable bonds is 3. The highest BCUT2D eigenvalue weighted by molar-refractivity contribution is 7.80. The van der Waals surface area contributed by atoms with Gasteiger partial charge in [-0.05, 0) is 22.6 Å². The molecule has 1 aromatic heterocycles. The van der Waals surface area contributed by atoms with Gasteiger partial charge in [0.05, 0.1) is 6.61 Å². The first-order valence-electron chi connectivity index (χ1n) is 3.54. The Hall–Kier alpha value is -1.04. The maximum absolute atomic E-state index is 5.09. The molecule has 6 heteroatoms. The average Bonchev–Trinajstić information content (AvgIpc) is 2.36. The SMILES string of the molecule is CC(=S)OCCc1nnnn1C. The Bertz CT molecular complexity index is 272. The smallest absolute Gasteiger partial charge is 0.156 e. The van der Waals surface area contributed by atoms with E-state index in [0.29, 0.717) is 18.1 Å². The van der Waals surface area contributed by atoms with E-state index in [1.165, 1.54) is 0 Å². The van der Waals surface area contributed by atoms with Crippen molar-refractivity contribution in [1.29, 1.82) is 0 Å². The highest BCUT2D eigenvalue weighted by Gasteiger charge is 2.01. The molecule has 0 aromatic carbocycles. The van der Waals surface area contributed by atoms with E-state index < -0.39 is 0 Å². The number of tetrazole rings is 1. The van der Waals surface area contributed by atoms with E-state index in [0.717, 1.165) is 5.82 Å². The van der Waals surface area contributed by atoms with E-state index in [1.807, 2.05) is 0 Å². The fourth-order valence-corrected chi connectivity index (χ4v) is 0.829. The summed E-state index contributed by atoms with van der Waals surface area (Å²) < 4.78 is 6.71. The summed E-state index contributed by atoms with van der Waals surface area (Å²) in [4.78, 5) is 0. The van der Waals surface area contributed by atoms with Crippen LogP contribution in [0.1, 0.15) is 12.7 Å². The first-order chi connectivity index (χ1) is 5.70. The molecule has 0 amide bonds. The minimum absolute atomic E-state index is 0.531. The summed E-state index contributed by atoms with van der Waals surface area (Å²) in [6.45, 7) is 2.27. The van der Waals surface area contributed by atoms with Crippen LogP contribution in [0.25, 0.3) is 0 Å². The first kappa shape index (κ1) is 9.05. The van der Waals surface area contributed by atoms with Crippen LogP contribution in [0.4, 0.5) is 0 Å². The monoisotopic (exact) mass is 186 g/mol. The van der Waals surface area contributed by atoms with Crippen LogP contribution in [0.2, 0.25) is 0 Å². The summed E-state index contributed by atoms with van der Waals surface area (Å²) in [5, 5.41) is 11.5. The lowest BCUT2D eigenvalue weighted by Crippen LogP contribution is -2.06. The molecule has 0 N–H and O–H groups in total. The Morgan fingerprint density at radius 2 is 2.42 bits per heavy atom. The van der Waals surface area contributed by atoms with Crippen LogP contribution in [0, 0.1) is 0 Å². The van der Waals surface area contributed by atoms with Crippen molar-refractivity contribution < 1.29 is 4.74 Å². The molecule has 0 spiro atoms. The first-order valence-corrected chi connectivity index (χ1v) is 3.95. The van der Waals surface area contributed by atoms with Gasteiger partial charge in [-0.25, -0.2) is 4.68 Å². The molecule has 0 aliphatic carbocycles. The second kappa shape index (κ2) is 4.10. The topological polar surface area (TPSA) is 52.8 Å². The van der Waals surface area contributed by atoms with Crippen LogP contribution in [0.15, 0.2) is 0 Å². The molecule has 66 valence electrons. The van der Waals surface area contributed by atoms with E-state index in [-0.39, 0.29) is 0 Å². The van der Waals surface area contributed by atoms with E-state index in [2.05, 4.69) is 15.5 Å². The van der Waals surface area contributed by atoms with Gasteiger partial charge in [-0.2, -0.15) is 0 Å². The second-order valence-corrected chi connectivity index (χ2v) is 2.88. The molecule has 0 aliphatic heterocycles. The zero-order valence-corrected chi connectivity index (χ0v) is 7.84. The molecule has 1 heterocycles. The van der Waals surface area contributed by atoms with Gasteiger partial charge in [0.1, 0.15) is 0 Å². The third-order valence-electron chi connectivity index (χ3n) is 1.34. The molecule has 0 bridgehead atoms. The maximum Gasteiger partial charge on any atom is 0.156 e. The van der Waals surface area contributed by atoms with Crippen LogP contribution in [-0.4, -0.2) is 31.9 Å². The third-order valence-corrected chi connectivity index (χ3v) is 1.46. The molecular formula is C6H10N4OS. The lowest BCUT2D eigenvalue weighted by molar-refractivity contribution is 0.310. The molecule has 0 unspecified atom stereocenters. The Kier molecular flexibility index (Phi) is 3.09. The van der Waals surface area contributed by atoms with Gasteiger partial charge in [-0.3, -0.25) is 0 Å². The maximum atomic E-state index is 5.09. The van der Waals surface area contributed by atoms with E-state index >= 15 is 0 Å². The molecule has 0 atom stereocenters. The number of hydrogen-bond acceptors (Lipinski definition) is 5. The van der Waals surface area contributed by atoms with Crippen molar-refractivity contribution in [2.75, 3.05) is 6.61 Å². The van der Waals surface area contributed by atoms with Crippen molar-refractivity contribution in [1.82, 2.24) is 20.2 Å². The summed E-state index contributed by atoms with van der Waals surface area (Å²) in [5.41, 5.74) is 0. The van der Waals surface area contributed by atoms with Crippen molar-refractivity contribution in [3.8, 4) is 0 Å². The summed E-state index contributed by atoms with van der Waals surface area (Å²) in [6.07, 6.45) is 0.678. The van der Waals surface area contributed by atoms with Crippen molar-refractivity contribution in [3.05, 3.63) is 5.82 Å². The molecule has 0 saturated carbocycles. The van der Waals surface area contributed by atoms with Crippen LogP contribution in [-0.2, 0) is 18.2 Å². The lowest BCUT2D eigenvalue weighted by Gasteiger charge is -2.01. The number of ether oxygens (including phenoxy) is 1. The number of hydrogen-bond donors (Lipinski definition) is 0. The van der Waals surface area contributed by atoms with E-state index in [4.69, 9.17) is 17.0 Å². The molecule has 0 radical (unpaired) electrons. The molecule has 1 aromatic rings. The summed E-state index contributed by atoms with van der Waals surface area (Å²) in [6, 6.07) is 0. The molecule has 0 saturated heterocycles. The second-order valence-electron chi connectivity index (χ2n) is 2.31. The Morgan fingerprint density at radius 1 is 1.67 bits per heavy atom. The molecule has 1 rings (SSSR count). The van der Waals surface area contributed by atoms with Gasteiger partial charge >= 0.3 is 0 Å². The highest BCUT2D eigenvalue weighted by atomic mass is 32.1. The van der Waals surface area contributed by atoms with Gasteiger partial charge in [0.15, 0.2) is 10.9 Å². The predicted molar refractivity (Wildman–Crippen MR) is 46.7 cm³/mol. The minimum atomic E-state index is 0.531. The fourth-order valence-electron chi connectivity index (χ4n) is 0.746. The Balaban J connectivity index is 2.33. The van der Waals surface area contributed by atoms with Gasteiger partial charge in [0.25, 0.3) is 0 Å². The Morgan fingerprint density at radius 3 is 2.92 bits per heavy atom. The number of aryl methyl sites for hydroxylation is 1. The quantitative estimate of drug-likeness (QED) is 0.627. The van der Waals surface area contributed by atoms with Crippen molar-refractivity contribution in [2.45, 2.75) is 13.3 Å². The molecular weight excluding hydrogens is 176 g/mol. The molecule has 0 aliphatic rings. The Labute approximate surface area is 75.7 Å². The van der Waals surface area contributed by atoms with Gasteiger partial charge in [0.2, 0.25) is 0 Å². The molecule has 12 heavy (non-hydrogen) atoms. The van der Waals surface area contributed by atoms with Crippen molar-refractivity contribution >= 4 is 17.3 Å². The van der Waals surface area contributed by atoms with Gasteiger partial charge in [-0.1, -0.05) is 0 Å². The van der Waals surface area contributed by atoms with E-state index in [1.54, 1.807) is 18.7 Å². The largest absolute Gasteiger partial charge is 0.487 e. The molecule has 0 fully saturated rings. The van der Waals surface area contributed by atoms with Crippen LogP contribution in [0.3, 0.4) is 0 Å². The average molecular weight is 186 g/mol. The number of aromatic nitrogens is 4. The van der Waals surface area contributed by atoms with Crippen LogP contribution >= 0.6 is 12.2 Å². The predicted octanol–water partition coefficient (Wildman–Crippen LogP) is 0.116. The normalized spacial score (nSPS) is 9.83. The fraction of sp³-hybridized carbons (Fsp3) is 0.667. The third kappa shape index (κ3) is 2.54. The van der Waals surface area contributed by atoms with Crippen LogP contribution < -0.4 is 0 Å². The molecule has 5 nitrogen and oxygen atoms in total. The van der Waals surface area contributed by atoms with Gasteiger partial charge in [0, 0.05) is 20.4 Å². The summed E-state index contributed by atoms with van der Waals surface area (Å²) in [5.74, 6) is 0.797. The highest BCUT2D eigenvalue weighted by Crippen LogP contribution is 1.91. The summed E-state index contributed by atoms with van der Waals surface area (Å²) >= 11 is 4.74. The lowest BCUT2D eigenvalue weighted by atomic mass is 10.4. The summed E-state index contributed by atoms with van der Waals surface area (Å²) in [7, 11) is 1.79. The van der Waals surface area contributed by atoms with Crippen molar-refractivity contribution in [2.24, 2.45) is 7.05 Å². The van der Waals surface area contributed by atoms with E-state index in [9.17, 15) is 0 Å². The number of nitrogens with zero attached hydrogens (tertiary/aromatic N) is 4. The standard InChI is InChI=1S/C6H10N4OS/c1-5(12)11-4-3-6-7-8-9-10(6)2/h3-4H2,1-2H3. The zero-order valence-electron chi connectivity index (χ0n) is 7.02. The zero-order chi connectivity index (χ0) is 8.97. The minimum Gasteiger partial charge on any atom is -0.487 e. The van der Waals surface area contributed by atoms with Gasteiger partial charge in [-0.15, -0.1) is 5.10 Å². The number of thiocarbonyl (C=S) groups is 1. The van der Waals surface area contributed by atoms with Gasteiger partial charge < -0.3 is 4.74 Å². The van der Waals surface area contributed by atoms with Crippen LogP contribution in [0.5, 0.6) is 0 Å².